The molecular formula is C21H23BrN2O2S. The molecule has 1 amide bonds. The van der Waals surface area contributed by atoms with Gasteiger partial charge in [0.15, 0.2) is 5.13 Å². The highest BCUT2D eigenvalue weighted by Gasteiger charge is 2.30. The van der Waals surface area contributed by atoms with E-state index in [1.54, 1.807) is 11.3 Å². The van der Waals surface area contributed by atoms with Crippen LogP contribution in [-0.2, 0) is 9.53 Å². The van der Waals surface area contributed by atoms with Crippen molar-refractivity contribution in [2.45, 2.75) is 38.2 Å². The summed E-state index contributed by atoms with van der Waals surface area (Å²) in [4.78, 5) is 20.0. The van der Waals surface area contributed by atoms with Crippen molar-refractivity contribution in [3.05, 3.63) is 46.3 Å². The van der Waals surface area contributed by atoms with Gasteiger partial charge in [0.05, 0.1) is 18.3 Å². The molecule has 1 aliphatic heterocycles. The van der Waals surface area contributed by atoms with Gasteiger partial charge in [-0.1, -0.05) is 40.2 Å². The summed E-state index contributed by atoms with van der Waals surface area (Å²) in [5, 5.41) is 2.82. The molecule has 1 aromatic carbocycles. The third kappa shape index (κ3) is 4.50. The Bertz CT molecular complexity index is 812. The molecule has 0 spiro atoms. The number of nitrogens with zero attached hydrogens (tertiary/aromatic N) is 2. The standard InChI is InChI=1S/C21H23BrN2O2S/c22-17-10-8-15(9-11-17)19-14-27-21(23-19)24(13-18-7-4-12-26-18)20(25)16-5-2-1-3-6-16/h1-2,8-11,14,16,18H,3-7,12-13H2/t16-,18-/m0/s1. The Morgan fingerprint density at radius 2 is 2.11 bits per heavy atom. The van der Waals surface area contributed by atoms with Gasteiger partial charge < -0.3 is 4.74 Å². The topological polar surface area (TPSA) is 42.4 Å². The fourth-order valence-electron chi connectivity index (χ4n) is 3.63. The van der Waals surface area contributed by atoms with Gasteiger partial charge in [-0.05, 0) is 44.2 Å². The fraction of sp³-hybridized carbons (Fsp3) is 0.429. The largest absolute Gasteiger partial charge is 0.376 e. The van der Waals surface area contributed by atoms with E-state index in [1.807, 2.05) is 34.5 Å². The van der Waals surface area contributed by atoms with Crippen LogP contribution in [0.3, 0.4) is 0 Å². The Labute approximate surface area is 172 Å². The van der Waals surface area contributed by atoms with Gasteiger partial charge in [-0.2, -0.15) is 0 Å². The van der Waals surface area contributed by atoms with Crippen LogP contribution in [0.1, 0.15) is 32.1 Å². The van der Waals surface area contributed by atoms with Crippen molar-refractivity contribution in [2.24, 2.45) is 5.92 Å². The lowest BCUT2D eigenvalue weighted by atomic mass is 9.93. The summed E-state index contributed by atoms with van der Waals surface area (Å²) in [5.74, 6) is 0.239. The number of halogens is 1. The highest BCUT2D eigenvalue weighted by Crippen LogP contribution is 2.32. The van der Waals surface area contributed by atoms with E-state index in [4.69, 9.17) is 9.72 Å². The number of rotatable bonds is 5. The second-order valence-electron chi connectivity index (χ2n) is 7.09. The van der Waals surface area contributed by atoms with Crippen LogP contribution in [0.15, 0.2) is 46.3 Å². The molecule has 0 unspecified atom stereocenters. The minimum Gasteiger partial charge on any atom is -0.376 e. The van der Waals surface area contributed by atoms with Crippen LogP contribution in [0.4, 0.5) is 5.13 Å². The molecule has 4 rings (SSSR count). The molecule has 0 radical (unpaired) electrons. The summed E-state index contributed by atoms with van der Waals surface area (Å²) in [6.07, 6.45) is 9.22. The van der Waals surface area contributed by atoms with E-state index in [1.165, 1.54) is 0 Å². The van der Waals surface area contributed by atoms with Crippen molar-refractivity contribution in [1.29, 1.82) is 0 Å². The molecule has 0 saturated carbocycles. The van der Waals surface area contributed by atoms with Gasteiger partial charge in [-0.25, -0.2) is 4.98 Å². The van der Waals surface area contributed by atoms with Crippen molar-refractivity contribution in [2.75, 3.05) is 18.1 Å². The molecule has 4 nitrogen and oxygen atoms in total. The lowest BCUT2D eigenvalue weighted by Gasteiger charge is -2.28. The van der Waals surface area contributed by atoms with Crippen LogP contribution in [0, 0.1) is 5.92 Å². The van der Waals surface area contributed by atoms with Crippen LogP contribution >= 0.6 is 27.3 Å². The summed E-state index contributed by atoms with van der Waals surface area (Å²) >= 11 is 5.01. The van der Waals surface area contributed by atoms with Gasteiger partial charge in [0.1, 0.15) is 0 Å². The maximum atomic E-state index is 13.3. The lowest BCUT2D eigenvalue weighted by molar-refractivity contribution is -0.123. The number of benzene rings is 1. The van der Waals surface area contributed by atoms with Crippen LogP contribution in [-0.4, -0.2) is 30.1 Å². The fourth-order valence-corrected chi connectivity index (χ4v) is 4.75. The molecule has 2 atom stereocenters. The smallest absolute Gasteiger partial charge is 0.232 e. The van der Waals surface area contributed by atoms with E-state index >= 15 is 0 Å². The first-order chi connectivity index (χ1) is 13.2. The lowest BCUT2D eigenvalue weighted by Crippen LogP contribution is -2.41. The molecule has 2 heterocycles. The molecule has 1 saturated heterocycles. The average molecular weight is 447 g/mol. The Morgan fingerprint density at radius 3 is 2.81 bits per heavy atom. The van der Waals surface area contributed by atoms with E-state index in [2.05, 4.69) is 28.1 Å². The summed E-state index contributed by atoms with van der Waals surface area (Å²) in [7, 11) is 0. The van der Waals surface area contributed by atoms with E-state index in [-0.39, 0.29) is 17.9 Å². The van der Waals surface area contributed by atoms with Gasteiger partial charge in [0.25, 0.3) is 0 Å². The summed E-state index contributed by atoms with van der Waals surface area (Å²) < 4.78 is 6.85. The number of carbonyl (C=O) groups is 1. The first-order valence-electron chi connectivity index (χ1n) is 9.50. The molecule has 1 aromatic heterocycles. The monoisotopic (exact) mass is 446 g/mol. The molecule has 2 aromatic rings. The summed E-state index contributed by atoms with van der Waals surface area (Å²) in [6.45, 7) is 1.40. The molecule has 0 N–H and O–H groups in total. The molecular weight excluding hydrogens is 424 g/mol. The maximum absolute atomic E-state index is 13.3. The van der Waals surface area contributed by atoms with Crippen molar-refractivity contribution >= 4 is 38.3 Å². The Morgan fingerprint density at radius 1 is 1.26 bits per heavy atom. The number of aromatic nitrogens is 1. The molecule has 27 heavy (non-hydrogen) atoms. The second kappa shape index (κ2) is 8.67. The third-order valence-electron chi connectivity index (χ3n) is 5.16. The average Bonchev–Trinajstić information content (AvgIpc) is 3.39. The van der Waals surface area contributed by atoms with Gasteiger partial charge in [0, 0.05) is 27.9 Å². The van der Waals surface area contributed by atoms with Crippen molar-refractivity contribution in [3.8, 4) is 11.3 Å². The molecule has 2 aliphatic rings. The number of carbonyl (C=O) groups excluding carboxylic acids is 1. The number of thiazole rings is 1. The maximum Gasteiger partial charge on any atom is 0.232 e. The SMILES string of the molecule is O=C([C@H]1CC=CCC1)N(C[C@@H]1CCCO1)c1nc(-c2ccc(Br)cc2)cs1. The number of allylic oxidation sites excluding steroid dienone is 2. The van der Waals surface area contributed by atoms with Crippen LogP contribution in [0.2, 0.25) is 0 Å². The summed E-state index contributed by atoms with van der Waals surface area (Å²) in [5.41, 5.74) is 1.97. The first-order valence-corrected chi connectivity index (χ1v) is 11.2. The normalized spacial score (nSPS) is 22.1. The minimum atomic E-state index is 0.0523. The Hall–Kier alpha value is -1.50. The van der Waals surface area contributed by atoms with Crippen LogP contribution < -0.4 is 4.90 Å². The number of hydrogen-bond acceptors (Lipinski definition) is 4. The Balaban J connectivity index is 1.58. The van der Waals surface area contributed by atoms with Crippen molar-refractivity contribution in [1.82, 2.24) is 4.98 Å². The van der Waals surface area contributed by atoms with Gasteiger partial charge >= 0.3 is 0 Å². The van der Waals surface area contributed by atoms with Crippen LogP contribution in [0.25, 0.3) is 11.3 Å². The van der Waals surface area contributed by atoms with E-state index in [9.17, 15) is 4.79 Å². The molecule has 6 heteroatoms. The zero-order valence-corrected chi connectivity index (χ0v) is 17.5. The Kier molecular flexibility index (Phi) is 6.05. The molecule has 0 bridgehead atoms. The number of anilines is 1. The molecule has 1 aliphatic carbocycles. The van der Waals surface area contributed by atoms with Crippen LogP contribution in [0.5, 0.6) is 0 Å². The van der Waals surface area contributed by atoms with Crippen molar-refractivity contribution < 1.29 is 9.53 Å². The highest BCUT2D eigenvalue weighted by molar-refractivity contribution is 9.10. The van der Waals surface area contributed by atoms with E-state index in [0.29, 0.717) is 6.54 Å². The quantitative estimate of drug-likeness (QED) is 0.574. The first kappa shape index (κ1) is 18.8. The number of hydrogen-bond donors (Lipinski definition) is 0. The van der Waals surface area contributed by atoms with Crippen molar-refractivity contribution in [3.63, 3.8) is 0 Å². The van der Waals surface area contributed by atoms with Gasteiger partial charge in [-0.15, -0.1) is 11.3 Å². The number of amides is 1. The second-order valence-corrected chi connectivity index (χ2v) is 8.84. The predicted octanol–water partition coefficient (Wildman–Crippen LogP) is 5.44. The van der Waals surface area contributed by atoms with Gasteiger partial charge in [-0.3, -0.25) is 9.69 Å². The zero-order chi connectivity index (χ0) is 18.6. The van der Waals surface area contributed by atoms with E-state index < -0.39 is 0 Å². The van der Waals surface area contributed by atoms with E-state index in [0.717, 1.165) is 59.6 Å². The minimum absolute atomic E-state index is 0.0523. The van der Waals surface area contributed by atoms with Gasteiger partial charge in [0.2, 0.25) is 5.91 Å². The predicted molar refractivity (Wildman–Crippen MR) is 113 cm³/mol. The number of ether oxygens (including phenoxy) is 1. The highest BCUT2D eigenvalue weighted by atomic mass is 79.9. The summed E-state index contributed by atoms with van der Waals surface area (Å²) in [6, 6.07) is 8.11. The third-order valence-corrected chi connectivity index (χ3v) is 6.55. The molecule has 142 valence electrons. The zero-order valence-electron chi connectivity index (χ0n) is 15.1. The molecule has 1 fully saturated rings.